The van der Waals surface area contributed by atoms with Crippen molar-refractivity contribution in [3.05, 3.63) is 18.0 Å². The SMILES string of the molecule is C[C@]1(N2CCc3c(-c4cnc(N)nc4)nc(N4CCOCC4)nc32)CCN(C(=O)[C@@H](N)C2CC2)C1.Cl. The van der Waals surface area contributed by atoms with Gasteiger partial charge < -0.3 is 30.9 Å². The summed E-state index contributed by atoms with van der Waals surface area (Å²) in [6.07, 6.45) is 7.30. The smallest absolute Gasteiger partial charge is 0.239 e. The number of hydrogen-bond donors (Lipinski definition) is 2. The number of nitrogens with zero attached hydrogens (tertiary/aromatic N) is 7. The molecule has 0 bridgehead atoms. The first-order valence-corrected chi connectivity index (χ1v) is 12.6. The molecule has 0 aromatic carbocycles. The lowest BCUT2D eigenvalue weighted by molar-refractivity contribution is -0.132. The molecule has 6 rings (SSSR count). The second-order valence-corrected chi connectivity index (χ2v) is 10.4. The first kappa shape index (κ1) is 24.9. The van der Waals surface area contributed by atoms with E-state index in [4.69, 9.17) is 26.2 Å². The molecule has 0 radical (unpaired) electrons. The van der Waals surface area contributed by atoms with Crippen molar-refractivity contribution in [2.24, 2.45) is 11.7 Å². The van der Waals surface area contributed by atoms with Gasteiger partial charge in [-0.1, -0.05) is 0 Å². The molecule has 3 fully saturated rings. The highest BCUT2D eigenvalue weighted by molar-refractivity contribution is 5.85. The van der Waals surface area contributed by atoms with Crippen LogP contribution in [-0.2, 0) is 16.0 Å². The van der Waals surface area contributed by atoms with E-state index in [9.17, 15) is 4.79 Å². The Morgan fingerprint density at radius 2 is 1.86 bits per heavy atom. The van der Waals surface area contributed by atoms with Crippen LogP contribution in [0.5, 0.6) is 0 Å². The van der Waals surface area contributed by atoms with E-state index in [1.54, 1.807) is 12.4 Å². The van der Waals surface area contributed by atoms with Crippen LogP contribution in [0.3, 0.4) is 0 Å². The highest BCUT2D eigenvalue weighted by atomic mass is 35.5. The molecule has 12 heteroatoms. The van der Waals surface area contributed by atoms with Crippen molar-refractivity contribution in [1.29, 1.82) is 0 Å². The van der Waals surface area contributed by atoms with Crippen LogP contribution >= 0.6 is 12.4 Å². The second kappa shape index (κ2) is 9.60. The van der Waals surface area contributed by atoms with Crippen molar-refractivity contribution in [2.75, 3.05) is 61.5 Å². The summed E-state index contributed by atoms with van der Waals surface area (Å²) in [6.45, 7) is 7.24. The van der Waals surface area contributed by atoms with Crippen LogP contribution in [0.15, 0.2) is 12.4 Å². The van der Waals surface area contributed by atoms with Crippen molar-refractivity contribution < 1.29 is 9.53 Å². The van der Waals surface area contributed by atoms with E-state index in [0.29, 0.717) is 31.6 Å². The maximum Gasteiger partial charge on any atom is 0.239 e. The van der Waals surface area contributed by atoms with Crippen molar-refractivity contribution in [3.63, 3.8) is 0 Å². The largest absolute Gasteiger partial charge is 0.378 e. The zero-order valence-electron chi connectivity index (χ0n) is 20.6. The third kappa shape index (κ3) is 4.44. The van der Waals surface area contributed by atoms with E-state index in [1.807, 2.05) is 4.90 Å². The number of carbonyl (C=O) groups excluding carboxylic acids is 1. The second-order valence-electron chi connectivity index (χ2n) is 10.4. The molecule has 194 valence electrons. The minimum Gasteiger partial charge on any atom is -0.378 e. The minimum absolute atomic E-state index is 0. The molecule has 1 amide bonds. The molecule has 36 heavy (non-hydrogen) atoms. The predicted octanol–water partition coefficient (Wildman–Crippen LogP) is 0.865. The van der Waals surface area contributed by atoms with Gasteiger partial charge >= 0.3 is 0 Å². The molecule has 2 aromatic rings. The maximum absolute atomic E-state index is 13.0. The predicted molar refractivity (Wildman–Crippen MR) is 139 cm³/mol. The number of likely N-dealkylation sites (tertiary alicyclic amines) is 1. The molecule has 3 aliphatic heterocycles. The average Bonchev–Trinajstić information content (AvgIpc) is 3.52. The van der Waals surface area contributed by atoms with Gasteiger partial charge in [-0.3, -0.25) is 4.79 Å². The first-order valence-electron chi connectivity index (χ1n) is 12.6. The van der Waals surface area contributed by atoms with Gasteiger partial charge in [0.15, 0.2) is 0 Å². The van der Waals surface area contributed by atoms with Crippen LogP contribution in [0, 0.1) is 5.92 Å². The Morgan fingerprint density at radius 1 is 1.14 bits per heavy atom. The van der Waals surface area contributed by atoms with E-state index >= 15 is 0 Å². The molecular weight excluding hydrogens is 482 g/mol. The highest BCUT2D eigenvalue weighted by Gasteiger charge is 2.46. The summed E-state index contributed by atoms with van der Waals surface area (Å²) < 4.78 is 5.55. The van der Waals surface area contributed by atoms with E-state index in [1.165, 1.54) is 0 Å². The van der Waals surface area contributed by atoms with E-state index in [-0.39, 0.29) is 35.8 Å². The van der Waals surface area contributed by atoms with Gasteiger partial charge in [-0.15, -0.1) is 12.4 Å². The summed E-state index contributed by atoms with van der Waals surface area (Å²) in [5.74, 6) is 2.32. The van der Waals surface area contributed by atoms with Gasteiger partial charge in [-0.25, -0.2) is 15.0 Å². The van der Waals surface area contributed by atoms with Crippen LogP contribution in [0.25, 0.3) is 11.3 Å². The summed E-state index contributed by atoms with van der Waals surface area (Å²) in [5, 5.41) is 0. The molecule has 1 saturated carbocycles. The Morgan fingerprint density at radius 3 is 2.56 bits per heavy atom. The van der Waals surface area contributed by atoms with Gasteiger partial charge in [-0.2, -0.15) is 4.98 Å². The standard InChI is InChI=1S/C24H33N9O2.ClH/c1-24(5-7-32(14-24)21(34)18(25)15-2-3-15)33-6-4-17-19(16-12-27-22(26)28-13-16)29-23(30-20(17)33)31-8-10-35-11-9-31;/h12-13,15,18H,2-11,14,25H2,1H3,(H2,26,27,28);1H/t18-,24-;/m0./s1. The van der Waals surface area contributed by atoms with E-state index in [2.05, 4.69) is 26.7 Å². The molecule has 2 atom stereocenters. The lowest BCUT2D eigenvalue weighted by Crippen LogP contribution is -2.51. The molecule has 11 nitrogen and oxygen atoms in total. The number of ether oxygens (including phenoxy) is 1. The summed E-state index contributed by atoms with van der Waals surface area (Å²) in [7, 11) is 0. The maximum atomic E-state index is 13.0. The van der Waals surface area contributed by atoms with Gasteiger partial charge in [0.05, 0.1) is 30.5 Å². The van der Waals surface area contributed by atoms with Gasteiger partial charge in [0.1, 0.15) is 5.82 Å². The molecular formula is C24H34ClN9O2. The number of rotatable bonds is 5. The average molecular weight is 516 g/mol. The molecule has 2 aromatic heterocycles. The fourth-order valence-electron chi connectivity index (χ4n) is 5.59. The number of fused-ring (bicyclic) bond motifs is 1. The van der Waals surface area contributed by atoms with E-state index < -0.39 is 0 Å². The minimum atomic E-state index is -0.365. The number of nitrogen functional groups attached to an aromatic ring is 1. The molecule has 0 unspecified atom stereocenters. The number of anilines is 3. The number of aromatic nitrogens is 4. The number of nitrogens with two attached hydrogens (primary N) is 2. The van der Waals surface area contributed by atoms with Gasteiger partial charge in [-0.05, 0) is 38.5 Å². The third-order valence-electron chi connectivity index (χ3n) is 7.88. The van der Waals surface area contributed by atoms with Gasteiger partial charge in [0.25, 0.3) is 0 Å². The number of halogens is 1. The van der Waals surface area contributed by atoms with Crippen LogP contribution < -0.4 is 21.3 Å². The lowest BCUT2D eigenvalue weighted by atomic mass is 9.99. The van der Waals surface area contributed by atoms with Crippen molar-refractivity contribution in [2.45, 2.75) is 44.2 Å². The summed E-state index contributed by atoms with van der Waals surface area (Å²) in [5.41, 5.74) is 14.6. The number of morpholine rings is 1. The van der Waals surface area contributed by atoms with Crippen molar-refractivity contribution in [3.8, 4) is 11.3 Å². The van der Waals surface area contributed by atoms with Gasteiger partial charge in [0, 0.05) is 56.2 Å². The molecule has 4 N–H and O–H groups in total. The van der Waals surface area contributed by atoms with Crippen molar-refractivity contribution >= 4 is 36.0 Å². The van der Waals surface area contributed by atoms with Crippen LogP contribution in [0.1, 0.15) is 31.7 Å². The molecule has 0 spiro atoms. The Balaban J connectivity index is 0.00000267. The number of amides is 1. The van der Waals surface area contributed by atoms with Crippen LogP contribution in [-0.4, -0.2) is 88.3 Å². The zero-order chi connectivity index (χ0) is 24.2. The number of hydrogen-bond acceptors (Lipinski definition) is 10. The first-order chi connectivity index (χ1) is 16.9. The number of carbonyl (C=O) groups is 1. The lowest BCUT2D eigenvalue weighted by Gasteiger charge is -2.37. The summed E-state index contributed by atoms with van der Waals surface area (Å²) in [4.78, 5) is 38.0. The van der Waals surface area contributed by atoms with E-state index in [0.717, 1.165) is 74.5 Å². The Kier molecular flexibility index (Phi) is 6.65. The topological polar surface area (TPSA) is 140 Å². The molecule has 2 saturated heterocycles. The van der Waals surface area contributed by atoms with Crippen molar-refractivity contribution in [1.82, 2.24) is 24.8 Å². The Labute approximate surface area is 217 Å². The summed E-state index contributed by atoms with van der Waals surface area (Å²) >= 11 is 0. The highest BCUT2D eigenvalue weighted by Crippen LogP contribution is 2.42. The molecule has 4 aliphatic rings. The monoisotopic (exact) mass is 515 g/mol. The van der Waals surface area contributed by atoms with Gasteiger partial charge in [0.2, 0.25) is 17.8 Å². The molecule has 5 heterocycles. The Bertz CT molecular complexity index is 1120. The zero-order valence-corrected chi connectivity index (χ0v) is 21.4. The quantitative estimate of drug-likeness (QED) is 0.589. The fraction of sp³-hybridized carbons (Fsp3) is 0.625. The summed E-state index contributed by atoms with van der Waals surface area (Å²) in [6, 6.07) is -0.365. The van der Waals surface area contributed by atoms with Crippen LogP contribution in [0.2, 0.25) is 0 Å². The normalized spacial score (nSPS) is 24.4. The van der Waals surface area contributed by atoms with Crippen LogP contribution in [0.4, 0.5) is 17.7 Å². The molecule has 1 aliphatic carbocycles. The Hall–Kier alpha value is -2.76. The fourth-order valence-corrected chi connectivity index (χ4v) is 5.59. The third-order valence-corrected chi connectivity index (χ3v) is 7.88.